The Morgan fingerprint density at radius 2 is 1.95 bits per heavy atom. The highest BCUT2D eigenvalue weighted by atomic mass is 19.3. The summed E-state index contributed by atoms with van der Waals surface area (Å²) < 4.78 is 34.4. The van der Waals surface area contributed by atoms with Crippen molar-refractivity contribution in [1.29, 1.82) is 0 Å². The maximum absolute atomic E-state index is 12.4. The Bertz CT molecular complexity index is 451. The molecule has 0 bridgehead atoms. The van der Waals surface area contributed by atoms with E-state index in [9.17, 15) is 13.9 Å². The van der Waals surface area contributed by atoms with Gasteiger partial charge in [0.2, 0.25) is 0 Å². The van der Waals surface area contributed by atoms with Gasteiger partial charge in [0.05, 0.1) is 12.7 Å². The van der Waals surface area contributed by atoms with Gasteiger partial charge in [0.1, 0.15) is 0 Å². The molecule has 0 radical (unpaired) electrons. The van der Waals surface area contributed by atoms with E-state index in [2.05, 4.69) is 4.74 Å². The Morgan fingerprint density at radius 3 is 2.43 bits per heavy atom. The van der Waals surface area contributed by atoms with E-state index in [4.69, 9.17) is 10.5 Å². The zero-order valence-corrected chi connectivity index (χ0v) is 12.6. The number of hydrogen-bond acceptors (Lipinski definition) is 4. The first-order chi connectivity index (χ1) is 9.87. The largest absolute Gasteiger partial charge is 0.490 e. The van der Waals surface area contributed by atoms with E-state index in [-0.39, 0.29) is 11.5 Å². The number of ether oxygens (including phenoxy) is 2. The number of halogens is 2. The molecule has 1 rings (SSSR count). The third-order valence-corrected chi connectivity index (χ3v) is 3.73. The van der Waals surface area contributed by atoms with Crippen LogP contribution in [-0.2, 0) is 0 Å². The van der Waals surface area contributed by atoms with Crippen LogP contribution in [0.2, 0.25) is 0 Å². The summed E-state index contributed by atoms with van der Waals surface area (Å²) in [6.07, 6.45) is -0.128. The predicted molar refractivity (Wildman–Crippen MR) is 76.7 cm³/mol. The number of aliphatic hydroxyl groups excluding tert-OH is 1. The molecule has 0 saturated carbocycles. The number of hydrogen-bond donors (Lipinski definition) is 2. The molecule has 6 heteroatoms. The molecule has 0 aromatic heterocycles. The van der Waals surface area contributed by atoms with Gasteiger partial charge >= 0.3 is 6.61 Å². The maximum Gasteiger partial charge on any atom is 0.387 e. The highest BCUT2D eigenvalue weighted by Gasteiger charge is 2.31. The summed E-state index contributed by atoms with van der Waals surface area (Å²) in [5.74, 6) is 0.138. The average Bonchev–Trinajstić information content (AvgIpc) is 2.47. The van der Waals surface area contributed by atoms with Gasteiger partial charge in [0, 0.05) is 12.0 Å². The van der Waals surface area contributed by atoms with Crippen LogP contribution in [-0.4, -0.2) is 24.9 Å². The van der Waals surface area contributed by atoms with Crippen LogP contribution in [0.15, 0.2) is 18.2 Å². The molecule has 0 spiro atoms. The van der Waals surface area contributed by atoms with E-state index in [1.54, 1.807) is 13.0 Å². The lowest BCUT2D eigenvalue weighted by Gasteiger charge is -2.32. The summed E-state index contributed by atoms with van der Waals surface area (Å²) in [5, 5.41) is 10.5. The smallest absolute Gasteiger partial charge is 0.387 e. The highest BCUT2D eigenvalue weighted by Crippen LogP contribution is 2.39. The SMILES string of the molecule is CCOc1cc(C(O)C(C)(CC)CN)ccc1OC(F)F. The van der Waals surface area contributed by atoms with Gasteiger partial charge in [-0.1, -0.05) is 19.9 Å². The van der Waals surface area contributed by atoms with Gasteiger partial charge in [-0.2, -0.15) is 8.78 Å². The van der Waals surface area contributed by atoms with E-state index < -0.39 is 18.1 Å². The molecule has 0 saturated heterocycles. The Balaban J connectivity index is 3.12. The van der Waals surface area contributed by atoms with E-state index in [1.165, 1.54) is 12.1 Å². The van der Waals surface area contributed by atoms with Gasteiger partial charge in [0.15, 0.2) is 11.5 Å². The molecule has 120 valence electrons. The van der Waals surface area contributed by atoms with Gasteiger partial charge in [0.25, 0.3) is 0 Å². The van der Waals surface area contributed by atoms with Crippen molar-refractivity contribution in [2.45, 2.75) is 39.9 Å². The van der Waals surface area contributed by atoms with Crippen molar-refractivity contribution >= 4 is 0 Å². The first-order valence-corrected chi connectivity index (χ1v) is 6.97. The zero-order valence-electron chi connectivity index (χ0n) is 12.6. The molecule has 1 aromatic rings. The normalized spacial score (nSPS) is 15.6. The minimum atomic E-state index is -2.93. The van der Waals surface area contributed by atoms with Crippen LogP contribution in [0.4, 0.5) is 8.78 Å². The van der Waals surface area contributed by atoms with Crippen LogP contribution >= 0.6 is 0 Å². The molecule has 4 nitrogen and oxygen atoms in total. The summed E-state index contributed by atoms with van der Waals surface area (Å²) in [4.78, 5) is 0. The van der Waals surface area contributed by atoms with E-state index in [1.807, 2.05) is 13.8 Å². The van der Waals surface area contributed by atoms with Crippen molar-refractivity contribution in [3.05, 3.63) is 23.8 Å². The minimum absolute atomic E-state index is 0.0475. The Hall–Kier alpha value is -1.40. The minimum Gasteiger partial charge on any atom is -0.490 e. The summed E-state index contributed by atoms with van der Waals surface area (Å²) in [6.45, 7) is 3.25. The van der Waals surface area contributed by atoms with Crippen molar-refractivity contribution in [2.24, 2.45) is 11.1 Å². The van der Waals surface area contributed by atoms with Gasteiger partial charge in [-0.15, -0.1) is 0 Å². The molecular formula is C15H23F2NO3. The quantitative estimate of drug-likeness (QED) is 0.774. The summed E-state index contributed by atoms with van der Waals surface area (Å²) in [6, 6.07) is 4.45. The monoisotopic (exact) mass is 303 g/mol. The van der Waals surface area contributed by atoms with Crippen LogP contribution < -0.4 is 15.2 Å². The van der Waals surface area contributed by atoms with Crippen LogP contribution in [0.3, 0.4) is 0 Å². The second-order valence-electron chi connectivity index (χ2n) is 5.13. The molecule has 0 aliphatic carbocycles. The lowest BCUT2D eigenvalue weighted by Crippen LogP contribution is -2.33. The van der Waals surface area contributed by atoms with Gasteiger partial charge in [-0.25, -0.2) is 0 Å². The maximum atomic E-state index is 12.4. The standard InChI is InChI=1S/C15H23F2NO3/c1-4-15(3,9-18)13(19)10-6-7-11(21-14(16)17)12(8-10)20-5-2/h6-8,13-14,19H,4-5,9,18H2,1-3H3. The molecule has 21 heavy (non-hydrogen) atoms. The molecular weight excluding hydrogens is 280 g/mol. The van der Waals surface area contributed by atoms with Crippen molar-refractivity contribution < 1.29 is 23.4 Å². The van der Waals surface area contributed by atoms with Gasteiger partial charge in [-0.05, 0) is 31.0 Å². The zero-order chi connectivity index (χ0) is 16.0. The number of benzene rings is 1. The van der Waals surface area contributed by atoms with Crippen molar-refractivity contribution in [3.63, 3.8) is 0 Å². The third-order valence-electron chi connectivity index (χ3n) is 3.73. The van der Waals surface area contributed by atoms with Crippen LogP contribution in [0.5, 0.6) is 11.5 Å². The fraction of sp³-hybridized carbons (Fsp3) is 0.600. The van der Waals surface area contributed by atoms with Crippen LogP contribution in [0, 0.1) is 5.41 Å². The van der Waals surface area contributed by atoms with Crippen molar-refractivity contribution in [3.8, 4) is 11.5 Å². The van der Waals surface area contributed by atoms with E-state index in [0.717, 1.165) is 0 Å². The molecule has 1 aromatic carbocycles. The van der Waals surface area contributed by atoms with Crippen LogP contribution in [0.1, 0.15) is 38.9 Å². The van der Waals surface area contributed by atoms with E-state index in [0.29, 0.717) is 25.1 Å². The fourth-order valence-corrected chi connectivity index (χ4v) is 2.01. The number of rotatable bonds is 8. The van der Waals surface area contributed by atoms with Gasteiger partial charge < -0.3 is 20.3 Å². The lowest BCUT2D eigenvalue weighted by atomic mass is 9.78. The first kappa shape index (κ1) is 17.7. The Labute approximate surface area is 123 Å². The molecule has 0 aliphatic heterocycles. The molecule has 3 N–H and O–H groups in total. The second kappa shape index (κ2) is 7.56. The first-order valence-electron chi connectivity index (χ1n) is 6.97. The molecule has 2 atom stereocenters. The predicted octanol–water partition coefficient (Wildman–Crippen LogP) is 3.10. The lowest BCUT2D eigenvalue weighted by molar-refractivity contribution is -0.0515. The highest BCUT2D eigenvalue weighted by molar-refractivity contribution is 5.44. The summed E-state index contributed by atoms with van der Waals surface area (Å²) in [5.41, 5.74) is 5.81. The number of nitrogens with two attached hydrogens (primary N) is 1. The van der Waals surface area contributed by atoms with E-state index >= 15 is 0 Å². The fourth-order valence-electron chi connectivity index (χ4n) is 2.01. The average molecular weight is 303 g/mol. The molecule has 0 fully saturated rings. The molecule has 0 aliphatic rings. The Morgan fingerprint density at radius 1 is 1.29 bits per heavy atom. The summed E-state index contributed by atoms with van der Waals surface area (Å²) in [7, 11) is 0. The number of aliphatic hydroxyl groups is 1. The molecule has 0 heterocycles. The Kier molecular flexibility index (Phi) is 6.36. The van der Waals surface area contributed by atoms with Crippen molar-refractivity contribution in [1.82, 2.24) is 0 Å². The molecule has 0 amide bonds. The van der Waals surface area contributed by atoms with Crippen LogP contribution in [0.25, 0.3) is 0 Å². The second-order valence-corrected chi connectivity index (χ2v) is 5.13. The molecule has 2 unspecified atom stereocenters. The third kappa shape index (κ3) is 4.28. The van der Waals surface area contributed by atoms with Gasteiger partial charge in [-0.3, -0.25) is 0 Å². The summed E-state index contributed by atoms with van der Waals surface area (Å²) >= 11 is 0. The topological polar surface area (TPSA) is 64.7 Å². The number of alkyl halides is 2. The van der Waals surface area contributed by atoms with Crippen molar-refractivity contribution in [2.75, 3.05) is 13.2 Å².